The van der Waals surface area contributed by atoms with Crippen molar-refractivity contribution in [3.05, 3.63) is 29.3 Å². The molecule has 13 heavy (non-hydrogen) atoms. The molecule has 1 aromatic rings. The van der Waals surface area contributed by atoms with Crippen LogP contribution in [0, 0.1) is 0 Å². The summed E-state index contributed by atoms with van der Waals surface area (Å²) in [5.74, 6) is 1.71. The quantitative estimate of drug-likeness (QED) is 0.642. The Kier molecular flexibility index (Phi) is 1.56. The van der Waals surface area contributed by atoms with Crippen LogP contribution in [0.5, 0.6) is 5.75 Å². The van der Waals surface area contributed by atoms with Crippen LogP contribution in [-0.2, 0) is 6.42 Å². The normalized spacial score (nSPS) is 24.8. The summed E-state index contributed by atoms with van der Waals surface area (Å²) in [4.78, 5) is 0. The Morgan fingerprint density at radius 2 is 2.38 bits per heavy atom. The molecule has 1 atom stereocenters. The summed E-state index contributed by atoms with van der Waals surface area (Å²) < 4.78 is 5.64. The van der Waals surface area contributed by atoms with Crippen molar-refractivity contribution >= 4 is 0 Å². The van der Waals surface area contributed by atoms with Gasteiger partial charge in [0, 0.05) is 18.0 Å². The molecule has 2 nitrogen and oxygen atoms in total. The minimum Gasteiger partial charge on any atom is -0.493 e. The molecule has 0 saturated heterocycles. The van der Waals surface area contributed by atoms with Crippen LogP contribution in [0.1, 0.15) is 17.0 Å². The summed E-state index contributed by atoms with van der Waals surface area (Å²) in [6.07, 6.45) is 1.14. The molecule has 0 radical (unpaired) electrons. The van der Waals surface area contributed by atoms with Crippen LogP contribution in [0.25, 0.3) is 0 Å². The van der Waals surface area contributed by atoms with Gasteiger partial charge in [-0.15, -0.1) is 0 Å². The third-order valence-corrected chi connectivity index (χ3v) is 2.97. The molecule has 1 unspecified atom stereocenters. The van der Waals surface area contributed by atoms with Gasteiger partial charge in [0.25, 0.3) is 0 Å². The molecule has 0 bridgehead atoms. The second-order valence-electron chi connectivity index (χ2n) is 3.79. The average Bonchev–Trinajstić information content (AvgIpc) is 2.44. The highest BCUT2D eigenvalue weighted by molar-refractivity contribution is 5.46. The molecule has 1 aromatic carbocycles. The molecule has 2 heteroatoms. The van der Waals surface area contributed by atoms with Crippen LogP contribution in [0.15, 0.2) is 18.2 Å². The van der Waals surface area contributed by atoms with Crippen molar-refractivity contribution in [3.8, 4) is 5.75 Å². The van der Waals surface area contributed by atoms with Gasteiger partial charge < -0.3 is 10.1 Å². The first-order valence-electron chi connectivity index (χ1n) is 4.90. The van der Waals surface area contributed by atoms with E-state index in [1.165, 1.54) is 11.1 Å². The van der Waals surface area contributed by atoms with Gasteiger partial charge >= 0.3 is 0 Å². The van der Waals surface area contributed by atoms with Gasteiger partial charge in [0.15, 0.2) is 0 Å². The molecular weight excluding hydrogens is 162 g/mol. The first kappa shape index (κ1) is 7.39. The largest absolute Gasteiger partial charge is 0.493 e. The number of benzene rings is 1. The van der Waals surface area contributed by atoms with Gasteiger partial charge in [0.05, 0.1) is 6.61 Å². The molecule has 1 N–H and O–H groups in total. The first-order valence-corrected chi connectivity index (χ1v) is 4.90. The van der Waals surface area contributed by atoms with E-state index >= 15 is 0 Å². The van der Waals surface area contributed by atoms with E-state index in [2.05, 4.69) is 23.5 Å². The minimum atomic E-state index is 0.591. The van der Waals surface area contributed by atoms with E-state index in [-0.39, 0.29) is 0 Å². The second-order valence-corrected chi connectivity index (χ2v) is 3.79. The van der Waals surface area contributed by atoms with Gasteiger partial charge in [-0.3, -0.25) is 0 Å². The van der Waals surface area contributed by atoms with E-state index in [4.69, 9.17) is 4.74 Å². The fourth-order valence-electron chi connectivity index (χ4n) is 2.33. The third kappa shape index (κ3) is 1.05. The van der Waals surface area contributed by atoms with E-state index in [1.807, 2.05) is 0 Å². The van der Waals surface area contributed by atoms with Gasteiger partial charge in [-0.1, -0.05) is 12.1 Å². The van der Waals surface area contributed by atoms with Crippen LogP contribution >= 0.6 is 0 Å². The highest BCUT2D eigenvalue weighted by atomic mass is 16.5. The zero-order valence-corrected chi connectivity index (χ0v) is 7.55. The van der Waals surface area contributed by atoms with Crippen LogP contribution in [0.3, 0.4) is 0 Å². The fraction of sp³-hybridized carbons (Fsp3) is 0.455. The molecule has 0 aromatic heterocycles. The maximum atomic E-state index is 5.64. The van der Waals surface area contributed by atoms with E-state index in [0.717, 1.165) is 31.9 Å². The molecule has 2 aliphatic rings. The van der Waals surface area contributed by atoms with Gasteiger partial charge in [-0.05, 0) is 24.6 Å². The third-order valence-electron chi connectivity index (χ3n) is 2.97. The standard InChI is InChI=1S/C11H13NO/c1-2-8-4-5-12-6-9-7-13-10(3-1)11(8)9/h1-3,9,12H,4-7H2. The zero-order chi connectivity index (χ0) is 8.67. The molecule has 68 valence electrons. The molecule has 2 heterocycles. The lowest BCUT2D eigenvalue weighted by Gasteiger charge is -2.06. The highest BCUT2D eigenvalue weighted by Crippen LogP contribution is 2.37. The average molecular weight is 175 g/mol. The Balaban J connectivity index is 2.16. The van der Waals surface area contributed by atoms with E-state index in [0.29, 0.717) is 5.92 Å². The summed E-state index contributed by atoms with van der Waals surface area (Å²) in [5.41, 5.74) is 2.94. The van der Waals surface area contributed by atoms with Gasteiger partial charge in [0.1, 0.15) is 5.75 Å². The van der Waals surface area contributed by atoms with Crippen molar-refractivity contribution in [2.75, 3.05) is 19.7 Å². The number of nitrogens with one attached hydrogen (secondary N) is 1. The Morgan fingerprint density at radius 3 is 3.38 bits per heavy atom. The van der Waals surface area contributed by atoms with Crippen LogP contribution in [0.4, 0.5) is 0 Å². The lowest BCUT2D eigenvalue weighted by molar-refractivity contribution is 0.327. The molecule has 2 aliphatic heterocycles. The molecule has 3 rings (SSSR count). The lowest BCUT2D eigenvalue weighted by atomic mass is 9.96. The minimum absolute atomic E-state index is 0.591. The maximum absolute atomic E-state index is 5.64. The molecule has 0 aliphatic carbocycles. The maximum Gasteiger partial charge on any atom is 0.123 e. The van der Waals surface area contributed by atoms with Crippen molar-refractivity contribution in [1.29, 1.82) is 0 Å². The van der Waals surface area contributed by atoms with Crippen LogP contribution in [0.2, 0.25) is 0 Å². The topological polar surface area (TPSA) is 21.3 Å². The van der Waals surface area contributed by atoms with Crippen molar-refractivity contribution in [3.63, 3.8) is 0 Å². The first-order chi connectivity index (χ1) is 6.45. The second kappa shape index (κ2) is 2.74. The van der Waals surface area contributed by atoms with Crippen molar-refractivity contribution in [2.24, 2.45) is 0 Å². The van der Waals surface area contributed by atoms with Crippen LogP contribution in [-0.4, -0.2) is 19.7 Å². The predicted molar refractivity (Wildman–Crippen MR) is 51.3 cm³/mol. The van der Waals surface area contributed by atoms with E-state index in [9.17, 15) is 0 Å². The zero-order valence-electron chi connectivity index (χ0n) is 7.55. The Morgan fingerprint density at radius 1 is 1.38 bits per heavy atom. The van der Waals surface area contributed by atoms with Crippen LogP contribution < -0.4 is 10.1 Å². The highest BCUT2D eigenvalue weighted by Gasteiger charge is 2.27. The summed E-state index contributed by atoms with van der Waals surface area (Å²) in [5, 5.41) is 3.45. The van der Waals surface area contributed by atoms with Crippen molar-refractivity contribution in [2.45, 2.75) is 12.3 Å². The summed E-state index contributed by atoms with van der Waals surface area (Å²) in [6.45, 7) is 3.04. The van der Waals surface area contributed by atoms with Gasteiger partial charge in [-0.2, -0.15) is 0 Å². The number of rotatable bonds is 0. The number of hydrogen-bond donors (Lipinski definition) is 1. The summed E-state index contributed by atoms with van der Waals surface area (Å²) in [7, 11) is 0. The monoisotopic (exact) mass is 175 g/mol. The Bertz CT molecular complexity index is 335. The Hall–Kier alpha value is -1.02. The smallest absolute Gasteiger partial charge is 0.123 e. The molecule has 0 fully saturated rings. The van der Waals surface area contributed by atoms with Crippen molar-refractivity contribution in [1.82, 2.24) is 5.32 Å². The van der Waals surface area contributed by atoms with Gasteiger partial charge in [-0.25, -0.2) is 0 Å². The lowest BCUT2D eigenvalue weighted by Crippen LogP contribution is -2.21. The van der Waals surface area contributed by atoms with Crippen molar-refractivity contribution < 1.29 is 4.74 Å². The molecule has 0 spiro atoms. The Labute approximate surface area is 77.9 Å². The fourth-order valence-corrected chi connectivity index (χ4v) is 2.33. The SMILES string of the molecule is c1cc2c3c(c1)OCC3CNCC2. The van der Waals surface area contributed by atoms with E-state index < -0.39 is 0 Å². The molecule has 0 saturated carbocycles. The summed E-state index contributed by atoms with van der Waals surface area (Å²) in [6, 6.07) is 6.42. The number of ether oxygens (including phenoxy) is 1. The number of hydrogen-bond acceptors (Lipinski definition) is 2. The van der Waals surface area contributed by atoms with E-state index in [1.54, 1.807) is 0 Å². The summed E-state index contributed by atoms with van der Waals surface area (Å²) >= 11 is 0. The predicted octanol–water partition coefficient (Wildman–Crippen LogP) is 1.31. The molecular formula is C11H13NO. The molecule has 0 amide bonds. The van der Waals surface area contributed by atoms with Gasteiger partial charge in [0.2, 0.25) is 0 Å².